The number of hydrogen-bond donors (Lipinski definition) is 2. The van der Waals surface area contributed by atoms with Crippen LogP contribution in [0.1, 0.15) is 22.6 Å². The van der Waals surface area contributed by atoms with Crippen molar-refractivity contribution in [3.8, 4) is 11.3 Å². The summed E-state index contributed by atoms with van der Waals surface area (Å²) in [5, 5.41) is 16.8. The number of halogens is 2. The number of benzene rings is 2. The molecular weight excluding hydrogens is 396 g/mol. The van der Waals surface area contributed by atoms with E-state index in [1.165, 1.54) is 41.3 Å². The van der Waals surface area contributed by atoms with Gasteiger partial charge in [-0.05, 0) is 18.2 Å². The van der Waals surface area contributed by atoms with E-state index in [1.807, 2.05) is 0 Å². The zero-order valence-electron chi connectivity index (χ0n) is 15.6. The molecule has 152 valence electrons. The number of alkyl halides is 2. The number of nitrogens with zero attached hydrogens (tertiary/aromatic N) is 4. The first kappa shape index (κ1) is 19.2. The predicted molar refractivity (Wildman–Crippen MR) is 105 cm³/mol. The number of carbonyl (C=O) groups excluding carboxylic acids is 1. The van der Waals surface area contributed by atoms with Crippen LogP contribution >= 0.6 is 0 Å². The van der Waals surface area contributed by atoms with Gasteiger partial charge in [0.2, 0.25) is 5.82 Å². The van der Waals surface area contributed by atoms with Crippen molar-refractivity contribution >= 4 is 28.6 Å². The third-order valence-electron chi connectivity index (χ3n) is 4.64. The molecule has 1 amide bonds. The Kier molecular flexibility index (Phi) is 4.74. The molecule has 0 aliphatic rings. The fourth-order valence-corrected chi connectivity index (χ4v) is 3.29. The molecule has 0 aliphatic carbocycles. The van der Waals surface area contributed by atoms with Crippen LogP contribution in [-0.4, -0.2) is 36.4 Å². The maximum absolute atomic E-state index is 13.5. The lowest BCUT2D eigenvalue weighted by atomic mass is 10.0. The SMILES string of the molecule is Cn1ncnc1C(=O)Nc1ccc2cc(-c3ccccc3C(F)F)n(C(=O)O)c2c1. The van der Waals surface area contributed by atoms with Crippen LogP contribution in [0.3, 0.4) is 0 Å². The third kappa shape index (κ3) is 3.28. The first-order valence-corrected chi connectivity index (χ1v) is 8.78. The second-order valence-electron chi connectivity index (χ2n) is 6.47. The van der Waals surface area contributed by atoms with E-state index in [2.05, 4.69) is 15.4 Å². The molecule has 4 aromatic rings. The van der Waals surface area contributed by atoms with Crippen LogP contribution < -0.4 is 5.32 Å². The minimum atomic E-state index is -2.76. The van der Waals surface area contributed by atoms with Crippen LogP contribution in [0.5, 0.6) is 0 Å². The second kappa shape index (κ2) is 7.39. The van der Waals surface area contributed by atoms with Gasteiger partial charge in [0, 0.05) is 29.2 Å². The summed E-state index contributed by atoms with van der Waals surface area (Å²) in [6, 6.07) is 11.9. The van der Waals surface area contributed by atoms with Crippen LogP contribution in [0.25, 0.3) is 22.2 Å². The van der Waals surface area contributed by atoms with Crippen molar-refractivity contribution in [2.45, 2.75) is 6.43 Å². The summed E-state index contributed by atoms with van der Waals surface area (Å²) >= 11 is 0. The number of nitrogens with one attached hydrogen (secondary N) is 1. The quantitative estimate of drug-likeness (QED) is 0.525. The number of carbonyl (C=O) groups is 2. The lowest BCUT2D eigenvalue weighted by molar-refractivity contribution is 0.101. The highest BCUT2D eigenvalue weighted by Crippen LogP contribution is 2.35. The summed E-state index contributed by atoms with van der Waals surface area (Å²) in [7, 11) is 1.56. The average Bonchev–Trinajstić information content (AvgIpc) is 3.31. The van der Waals surface area contributed by atoms with E-state index in [4.69, 9.17) is 0 Å². The second-order valence-corrected chi connectivity index (χ2v) is 6.47. The number of anilines is 1. The summed E-state index contributed by atoms with van der Waals surface area (Å²) in [6.45, 7) is 0. The zero-order valence-corrected chi connectivity index (χ0v) is 15.6. The first-order valence-electron chi connectivity index (χ1n) is 8.78. The molecule has 0 saturated carbocycles. The Morgan fingerprint density at radius 3 is 2.57 bits per heavy atom. The molecule has 4 rings (SSSR count). The molecular formula is C20H15F2N5O3. The molecule has 0 atom stereocenters. The van der Waals surface area contributed by atoms with Crippen molar-refractivity contribution in [2.75, 3.05) is 5.32 Å². The summed E-state index contributed by atoms with van der Waals surface area (Å²) in [4.78, 5) is 28.2. The number of aromatic nitrogens is 4. The molecule has 2 aromatic carbocycles. The minimum Gasteiger partial charge on any atom is -0.464 e. The Labute approximate surface area is 168 Å². The highest BCUT2D eigenvalue weighted by molar-refractivity contribution is 6.04. The Morgan fingerprint density at radius 1 is 1.13 bits per heavy atom. The van der Waals surface area contributed by atoms with Gasteiger partial charge >= 0.3 is 6.09 Å². The topological polar surface area (TPSA) is 102 Å². The van der Waals surface area contributed by atoms with E-state index in [0.29, 0.717) is 11.1 Å². The highest BCUT2D eigenvalue weighted by Gasteiger charge is 2.21. The molecule has 0 fully saturated rings. The first-order chi connectivity index (χ1) is 14.4. The van der Waals surface area contributed by atoms with Crippen molar-refractivity contribution in [1.82, 2.24) is 19.3 Å². The molecule has 0 radical (unpaired) electrons. The molecule has 0 saturated heterocycles. The summed E-state index contributed by atoms with van der Waals surface area (Å²) in [6.07, 6.45) is -2.86. The zero-order chi connectivity index (χ0) is 21.4. The van der Waals surface area contributed by atoms with E-state index < -0.39 is 18.4 Å². The Bertz CT molecular complexity index is 1280. The van der Waals surface area contributed by atoms with Gasteiger partial charge in [-0.3, -0.25) is 4.79 Å². The van der Waals surface area contributed by atoms with Crippen molar-refractivity contribution in [1.29, 1.82) is 0 Å². The fraction of sp³-hybridized carbons (Fsp3) is 0.100. The Hall–Kier alpha value is -4.08. The third-order valence-corrected chi connectivity index (χ3v) is 4.64. The summed E-state index contributed by atoms with van der Waals surface area (Å²) < 4.78 is 29.1. The lowest BCUT2D eigenvalue weighted by Crippen LogP contribution is -2.17. The predicted octanol–water partition coefficient (Wildman–Crippen LogP) is 4.15. The van der Waals surface area contributed by atoms with Gasteiger partial charge in [-0.15, -0.1) is 0 Å². The molecule has 0 bridgehead atoms. The van der Waals surface area contributed by atoms with Crippen molar-refractivity contribution in [2.24, 2.45) is 7.05 Å². The molecule has 2 heterocycles. The smallest absolute Gasteiger partial charge is 0.416 e. The molecule has 8 nitrogen and oxygen atoms in total. The molecule has 0 spiro atoms. The monoisotopic (exact) mass is 411 g/mol. The normalized spacial score (nSPS) is 11.2. The molecule has 2 N–H and O–H groups in total. The standard InChI is InChI=1S/C20H15F2N5O3/c1-26-18(23-10-24-26)19(28)25-12-7-6-11-8-16(27(20(29)30)15(11)9-12)13-4-2-3-5-14(13)17(21)22/h2-10,17H,1H3,(H,25,28)(H,29,30). The van der Waals surface area contributed by atoms with E-state index in [9.17, 15) is 23.5 Å². The number of amides is 1. The van der Waals surface area contributed by atoms with Gasteiger partial charge in [0.25, 0.3) is 12.3 Å². The van der Waals surface area contributed by atoms with Crippen LogP contribution in [0, 0.1) is 0 Å². The number of aryl methyl sites for hydroxylation is 1. The van der Waals surface area contributed by atoms with Gasteiger partial charge < -0.3 is 10.4 Å². The van der Waals surface area contributed by atoms with Crippen molar-refractivity contribution in [3.63, 3.8) is 0 Å². The number of rotatable bonds is 4. The summed E-state index contributed by atoms with van der Waals surface area (Å²) in [5.41, 5.74) is 0.543. The Morgan fingerprint density at radius 2 is 1.90 bits per heavy atom. The van der Waals surface area contributed by atoms with Gasteiger partial charge in [-0.25, -0.2) is 27.8 Å². The van der Waals surface area contributed by atoms with Gasteiger partial charge in [0.1, 0.15) is 6.33 Å². The van der Waals surface area contributed by atoms with Gasteiger partial charge in [0.15, 0.2) is 0 Å². The maximum atomic E-state index is 13.5. The number of fused-ring (bicyclic) bond motifs is 1. The van der Waals surface area contributed by atoms with E-state index in [-0.39, 0.29) is 28.2 Å². The molecule has 2 aromatic heterocycles. The molecule has 0 aliphatic heterocycles. The minimum absolute atomic E-state index is 0.0789. The number of carboxylic acid groups (broad SMARTS) is 1. The van der Waals surface area contributed by atoms with Gasteiger partial charge in [0.05, 0.1) is 11.2 Å². The van der Waals surface area contributed by atoms with Crippen molar-refractivity contribution < 1.29 is 23.5 Å². The maximum Gasteiger partial charge on any atom is 0.416 e. The number of hydrogen-bond acceptors (Lipinski definition) is 4. The van der Waals surface area contributed by atoms with E-state index >= 15 is 0 Å². The average molecular weight is 411 g/mol. The molecule has 10 heteroatoms. The highest BCUT2D eigenvalue weighted by atomic mass is 19.3. The van der Waals surface area contributed by atoms with Crippen LogP contribution in [0.15, 0.2) is 54.9 Å². The van der Waals surface area contributed by atoms with Gasteiger partial charge in [-0.1, -0.05) is 30.3 Å². The lowest BCUT2D eigenvalue weighted by Gasteiger charge is -2.11. The summed E-state index contributed by atoms with van der Waals surface area (Å²) in [5.74, 6) is -0.443. The fourth-order valence-electron chi connectivity index (χ4n) is 3.29. The van der Waals surface area contributed by atoms with E-state index in [1.54, 1.807) is 25.2 Å². The molecule has 30 heavy (non-hydrogen) atoms. The van der Waals surface area contributed by atoms with Crippen LogP contribution in [0.4, 0.5) is 19.3 Å². The molecule has 0 unspecified atom stereocenters. The van der Waals surface area contributed by atoms with E-state index in [0.717, 1.165) is 4.57 Å². The van der Waals surface area contributed by atoms with Crippen LogP contribution in [0.2, 0.25) is 0 Å². The Balaban J connectivity index is 1.82. The van der Waals surface area contributed by atoms with Crippen LogP contribution in [-0.2, 0) is 7.05 Å². The van der Waals surface area contributed by atoms with Crippen molar-refractivity contribution in [3.05, 3.63) is 66.2 Å². The van der Waals surface area contributed by atoms with Gasteiger partial charge in [-0.2, -0.15) is 5.10 Å². The largest absolute Gasteiger partial charge is 0.464 e.